The van der Waals surface area contributed by atoms with Crippen LogP contribution in [-0.4, -0.2) is 34.4 Å². The molecule has 1 aromatic heterocycles. The molecular formula is C21H26N2O3. The van der Waals surface area contributed by atoms with Crippen LogP contribution in [0, 0.1) is 0 Å². The van der Waals surface area contributed by atoms with Crippen LogP contribution in [0.3, 0.4) is 0 Å². The highest BCUT2D eigenvalue weighted by atomic mass is 16.5. The van der Waals surface area contributed by atoms with E-state index >= 15 is 0 Å². The van der Waals surface area contributed by atoms with E-state index in [-0.39, 0.29) is 17.4 Å². The van der Waals surface area contributed by atoms with E-state index in [2.05, 4.69) is 24.9 Å². The summed E-state index contributed by atoms with van der Waals surface area (Å²) in [4.78, 5) is 30.3. The summed E-state index contributed by atoms with van der Waals surface area (Å²) in [5, 5.41) is 1.07. The molecule has 5 nitrogen and oxygen atoms in total. The molecule has 0 radical (unpaired) electrons. The van der Waals surface area contributed by atoms with Crippen LogP contribution in [-0.2, 0) is 19.7 Å². The van der Waals surface area contributed by atoms with Crippen LogP contribution < -0.4 is 0 Å². The van der Waals surface area contributed by atoms with Crippen molar-refractivity contribution in [1.82, 2.24) is 9.88 Å². The van der Waals surface area contributed by atoms with Gasteiger partial charge in [-0.2, -0.15) is 0 Å². The number of aromatic nitrogens is 1. The minimum absolute atomic E-state index is 0.0117. The fourth-order valence-corrected chi connectivity index (χ4v) is 3.61. The second kappa shape index (κ2) is 6.63. The van der Waals surface area contributed by atoms with Crippen molar-refractivity contribution in [2.75, 3.05) is 6.54 Å². The summed E-state index contributed by atoms with van der Waals surface area (Å²) in [7, 11) is 0. The van der Waals surface area contributed by atoms with E-state index in [4.69, 9.17) is 4.74 Å². The van der Waals surface area contributed by atoms with E-state index in [0.29, 0.717) is 18.5 Å². The number of esters is 1. The summed E-state index contributed by atoms with van der Waals surface area (Å²) in [6.07, 6.45) is 1.80. The zero-order valence-electron chi connectivity index (χ0n) is 16.1. The van der Waals surface area contributed by atoms with Crippen LogP contribution in [0.15, 0.2) is 30.5 Å². The molecule has 0 saturated heterocycles. The molecule has 0 bridgehead atoms. The van der Waals surface area contributed by atoms with Gasteiger partial charge in [-0.05, 0) is 25.5 Å². The van der Waals surface area contributed by atoms with Gasteiger partial charge in [0.2, 0.25) is 5.91 Å². The van der Waals surface area contributed by atoms with Crippen molar-refractivity contribution in [2.24, 2.45) is 0 Å². The van der Waals surface area contributed by atoms with Gasteiger partial charge in [0.25, 0.3) is 0 Å². The molecule has 0 unspecified atom stereocenters. The third-order valence-electron chi connectivity index (χ3n) is 4.69. The van der Waals surface area contributed by atoms with Gasteiger partial charge in [0, 0.05) is 35.5 Å². The van der Waals surface area contributed by atoms with Crippen LogP contribution in [0.5, 0.6) is 0 Å². The summed E-state index contributed by atoms with van der Waals surface area (Å²) < 4.78 is 5.46. The van der Waals surface area contributed by atoms with Crippen molar-refractivity contribution in [3.05, 3.63) is 41.7 Å². The van der Waals surface area contributed by atoms with Crippen molar-refractivity contribution in [3.8, 4) is 0 Å². The molecule has 26 heavy (non-hydrogen) atoms. The first-order valence-electron chi connectivity index (χ1n) is 9.08. The smallest absolute Gasteiger partial charge is 0.342 e. The van der Waals surface area contributed by atoms with Gasteiger partial charge in [0.15, 0.2) is 0 Å². The molecule has 5 heteroatoms. The molecule has 2 aromatic rings. The molecule has 0 atom stereocenters. The van der Waals surface area contributed by atoms with Crippen LogP contribution in [0.25, 0.3) is 16.5 Å². The third kappa shape index (κ3) is 3.14. The Balaban J connectivity index is 2.25. The van der Waals surface area contributed by atoms with Gasteiger partial charge in [0.1, 0.15) is 0 Å². The Morgan fingerprint density at radius 1 is 1.27 bits per heavy atom. The molecule has 3 rings (SSSR count). The quantitative estimate of drug-likeness (QED) is 0.848. The molecule has 1 N–H and O–H groups in total. The van der Waals surface area contributed by atoms with Crippen LogP contribution in [0.4, 0.5) is 0 Å². The highest BCUT2D eigenvalue weighted by Gasteiger charge is 2.37. The fourth-order valence-electron chi connectivity index (χ4n) is 3.61. The normalized spacial score (nSPS) is 16.2. The van der Waals surface area contributed by atoms with E-state index in [1.807, 2.05) is 39.0 Å². The first kappa shape index (κ1) is 18.2. The lowest BCUT2D eigenvalue weighted by atomic mass is 9.82. The number of H-pyrrole nitrogens is 1. The Bertz CT molecular complexity index is 890. The summed E-state index contributed by atoms with van der Waals surface area (Å²) in [6, 6.07) is 8.01. The van der Waals surface area contributed by atoms with Gasteiger partial charge in [0.05, 0.1) is 17.4 Å². The number of amides is 1. The van der Waals surface area contributed by atoms with E-state index < -0.39 is 5.97 Å². The van der Waals surface area contributed by atoms with Gasteiger partial charge in [-0.1, -0.05) is 39.0 Å². The molecule has 0 saturated carbocycles. The zero-order chi connectivity index (χ0) is 19.1. The first-order chi connectivity index (χ1) is 12.2. The molecule has 1 aliphatic rings. The number of ether oxygens (including phenoxy) is 1. The standard InChI is InChI=1S/C21H26N2O3/c1-6-17(24)23-11-15(20(25)26-13(2)3)19-18(21(4,5)12-23)14-9-7-8-10-16(14)22-19/h7-11,13,22H,6,12H2,1-5H3. The predicted octanol–water partition coefficient (Wildman–Crippen LogP) is 3.99. The average molecular weight is 354 g/mol. The molecule has 2 heterocycles. The monoisotopic (exact) mass is 354 g/mol. The Morgan fingerprint density at radius 3 is 2.62 bits per heavy atom. The topological polar surface area (TPSA) is 62.4 Å². The van der Waals surface area contributed by atoms with Gasteiger partial charge < -0.3 is 14.6 Å². The van der Waals surface area contributed by atoms with E-state index in [1.54, 1.807) is 11.1 Å². The lowest BCUT2D eigenvalue weighted by Gasteiger charge is -2.29. The van der Waals surface area contributed by atoms with Crippen molar-refractivity contribution in [3.63, 3.8) is 0 Å². The lowest BCUT2D eigenvalue weighted by molar-refractivity contribution is -0.140. The number of hydrogen-bond acceptors (Lipinski definition) is 3. The van der Waals surface area contributed by atoms with E-state index in [0.717, 1.165) is 22.2 Å². The number of hydrogen-bond donors (Lipinski definition) is 1. The van der Waals surface area contributed by atoms with E-state index in [9.17, 15) is 9.59 Å². The fraction of sp³-hybridized carbons (Fsp3) is 0.429. The maximum atomic E-state index is 12.8. The van der Waals surface area contributed by atoms with Crippen molar-refractivity contribution in [2.45, 2.75) is 52.6 Å². The average Bonchev–Trinajstić information content (AvgIpc) is 2.91. The van der Waals surface area contributed by atoms with Crippen LogP contribution >= 0.6 is 0 Å². The number of nitrogens with one attached hydrogen (secondary N) is 1. The number of nitrogens with zero attached hydrogens (tertiary/aromatic N) is 1. The maximum absolute atomic E-state index is 12.8. The number of carbonyl (C=O) groups is 2. The second-order valence-electron chi connectivity index (χ2n) is 7.68. The Labute approximate surface area is 154 Å². The molecule has 1 aliphatic heterocycles. The Kier molecular flexibility index (Phi) is 4.65. The van der Waals surface area contributed by atoms with Crippen LogP contribution in [0.1, 0.15) is 52.3 Å². The number of aromatic amines is 1. The summed E-state index contributed by atoms with van der Waals surface area (Å²) in [5.41, 5.74) is 2.84. The van der Waals surface area contributed by atoms with Crippen molar-refractivity contribution in [1.29, 1.82) is 0 Å². The largest absolute Gasteiger partial charge is 0.459 e. The molecule has 0 spiro atoms. The zero-order valence-corrected chi connectivity index (χ0v) is 16.1. The predicted molar refractivity (Wildman–Crippen MR) is 103 cm³/mol. The second-order valence-corrected chi connectivity index (χ2v) is 7.68. The van der Waals surface area contributed by atoms with Gasteiger partial charge >= 0.3 is 5.97 Å². The number of para-hydroxylation sites is 1. The highest BCUT2D eigenvalue weighted by molar-refractivity contribution is 6.18. The highest BCUT2D eigenvalue weighted by Crippen LogP contribution is 2.40. The molecule has 0 aliphatic carbocycles. The van der Waals surface area contributed by atoms with Crippen molar-refractivity contribution >= 4 is 28.4 Å². The van der Waals surface area contributed by atoms with Gasteiger partial charge in [-0.15, -0.1) is 0 Å². The van der Waals surface area contributed by atoms with E-state index in [1.165, 1.54) is 0 Å². The molecule has 1 aromatic carbocycles. The number of rotatable bonds is 3. The molecule has 1 amide bonds. The minimum atomic E-state index is -0.417. The molecule has 138 valence electrons. The lowest BCUT2D eigenvalue weighted by Crippen LogP contribution is -2.36. The van der Waals surface area contributed by atoms with Gasteiger partial charge in [-0.3, -0.25) is 4.79 Å². The first-order valence-corrected chi connectivity index (χ1v) is 9.08. The van der Waals surface area contributed by atoms with Crippen molar-refractivity contribution < 1.29 is 14.3 Å². The molecule has 0 fully saturated rings. The van der Waals surface area contributed by atoms with Crippen LogP contribution in [0.2, 0.25) is 0 Å². The maximum Gasteiger partial charge on any atom is 0.342 e. The minimum Gasteiger partial charge on any atom is -0.459 e. The SMILES string of the molecule is CCC(=O)N1C=C(C(=O)OC(C)C)c2[nH]c3ccccc3c2C(C)(C)C1. The van der Waals surface area contributed by atoms with Gasteiger partial charge in [-0.25, -0.2) is 4.79 Å². The molecular weight excluding hydrogens is 328 g/mol. The summed E-state index contributed by atoms with van der Waals surface area (Å²) in [6.45, 7) is 10.2. The Morgan fingerprint density at radius 2 is 1.96 bits per heavy atom. The number of carbonyl (C=O) groups excluding carboxylic acids is 2. The number of fused-ring (bicyclic) bond motifs is 3. The summed E-state index contributed by atoms with van der Waals surface area (Å²) >= 11 is 0. The third-order valence-corrected chi connectivity index (χ3v) is 4.69. The number of benzene rings is 1. The summed E-state index contributed by atoms with van der Waals surface area (Å²) in [5.74, 6) is -0.429. The Hall–Kier alpha value is -2.56.